The highest BCUT2D eigenvalue weighted by molar-refractivity contribution is 5.99. The van der Waals surface area contributed by atoms with E-state index in [4.69, 9.17) is 14.2 Å². The second kappa shape index (κ2) is 15.7. The molecular weight excluding hydrogens is 717 g/mol. The number of aromatic nitrogens is 3. The number of allylic oxidation sites excluding steroid dienone is 4. The summed E-state index contributed by atoms with van der Waals surface area (Å²) < 4.78 is 33.0. The summed E-state index contributed by atoms with van der Waals surface area (Å²) in [6.45, 7) is 5.16. The van der Waals surface area contributed by atoms with Gasteiger partial charge in [0.2, 0.25) is 11.8 Å². The fourth-order valence-corrected chi connectivity index (χ4v) is 8.72. The minimum absolute atomic E-state index is 0.0300. The van der Waals surface area contributed by atoms with Crippen molar-refractivity contribution in [2.75, 3.05) is 26.2 Å². The van der Waals surface area contributed by atoms with Crippen molar-refractivity contribution < 1.29 is 33.3 Å². The Labute approximate surface area is 323 Å². The maximum absolute atomic E-state index is 13.9. The topological polar surface area (TPSA) is 145 Å². The summed E-state index contributed by atoms with van der Waals surface area (Å²) in [6.07, 6.45) is 10.5. The average molecular weight is 762 g/mol. The maximum atomic E-state index is 13.9. The van der Waals surface area contributed by atoms with Crippen LogP contribution in [0.2, 0.25) is 0 Å². The van der Waals surface area contributed by atoms with E-state index in [9.17, 15) is 23.9 Å². The minimum atomic E-state index is -0.844. The molecule has 56 heavy (non-hydrogen) atoms. The van der Waals surface area contributed by atoms with Crippen LogP contribution in [0.5, 0.6) is 23.1 Å². The van der Waals surface area contributed by atoms with Crippen molar-refractivity contribution in [1.82, 2.24) is 25.0 Å². The van der Waals surface area contributed by atoms with Gasteiger partial charge in [-0.2, -0.15) is 5.10 Å². The van der Waals surface area contributed by atoms with Crippen LogP contribution in [0, 0.1) is 11.7 Å². The van der Waals surface area contributed by atoms with E-state index in [1.54, 1.807) is 24.3 Å². The molecule has 2 amide bonds. The molecule has 8 rings (SSSR count). The van der Waals surface area contributed by atoms with Gasteiger partial charge in [0.25, 0.3) is 11.5 Å². The van der Waals surface area contributed by atoms with Gasteiger partial charge in [0, 0.05) is 50.0 Å². The van der Waals surface area contributed by atoms with Crippen LogP contribution >= 0.6 is 0 Å². The number of nitrogens with one attached hydrogen (secondary N) is 1. The van der Waals surface area contributed by atoms with E-state index >= 15 is 0 Å². The van der Waals surface area contributed by atoms with Gasteiger partial charge in [-0.3, -0.25) is 24.6 Å². The normalized spacial score (nSPS) is 25.1. The van der Waals surface area contributed by atoms with Gasteiger partial charge in [0.15, 0.2) is 5.75 Å². The molecule has 2 unspecified atom stereocenters. The van der Waals surface area contributed by atoms with Gasteiger partial charge in [-0.15, -0.1) is 0 Å². The smallest absolute Gasteiger partial charge is 0.271 e. The molecule has 12 nitrogen and oxygen atoms in total. The molecule has 4 heterocycles. The number of piperidine rings is 1. The summed E-state index contributed by atoms with van der Waals surface area (Å²) in [5.41, 5.74) is 2.76. The summed E-state index contributed by atoms with van der Waals surface area (Å²) in [5.74, 6) is 1.55. The Bertz CT molecular complexity index is 2210. The molecule has 0 spiro atoms. The van der Waals surface area contributed by atoms with Crippen LogP contribution in [-0.4, -0.2) is 68.9 Å². The first-order valence-electron chi connectivity index (χ1n) is 19.2. The number of carbonyl (C=O) groups is 2. The third-order valence-electron chi connectivity index (χ3n) is 11.6. The van der Waals surface area contributed by atoms with Crippen LogP contribution in [0.15, 0.2) is 107 Å². The number of carbonyl (C=O) groups excluding carboxylic acids is 2. The highest BCUT2D eigenvalue weighted by Gasteiger charge is 2.47. The second-order valence-electron chi connectivity index (χ2n) is 15.1. The molecule has 13 heteroatoms. The molecule has 0 bridgehead atoms. The van der Waals surface area contributed by atoms with Gasteiger partial charge in [-0.05, 0) is 85.1 Å². The molecule has 0 radical (unpaired) electrons. The minimum Gasteiger partial charge on any atom is -0.512 e. The Morgan fingerprint density at radius 1 is 0.929 bits per heavy atom. The molecule has 2 aliphatic carbocycles. The van der Waals surface area contributed by atoms with E-state index < -0.39 is 17.5 Å². The molecule has 290 valence electrons. The van der Waals surface area contributed by atoms with Gasteiger partial charge in [-0.25, -0.2) is 14.1 Å². The number of amides is 2. The molecule has 2 saturated heterocycles. The van der Waals surface area contributed by atoms with Crippen molar-refractivity contribution in [1.29, 1.82) is 0 Å². The highest BCUT2D eigenvalue weighted by Crippen LogP contribution is 2.56. The number of halogens is 1. The first kappa shape index (κ1) is 37.1. The lowest BCUT2D eigenvalue weighted by Crippen LogP contribution is -2.45. The van der Waals surface area contributed by atoms with Gasteiger partial charge in [0.1, 0.15) is 36.1 Å². The molecule has 3 fully saturated rings. The van der Waals surface area contributed by atoms with E-state index in [2.05, 4.69) is 45.4 Å². The van der Waals surface area contributed by atoms with Crippen LogP contribution in [0.25, 0.3) is 0 Å². The number of aliphatic hydroxyl groups excluding tert-OH is 1. The molecule has 1 saturated carbocycles. The Kier molecular flexibility index (Phi) is 10.4. The molecule has 4 aliphatic rings. The Balaban J connectivity index is 0.825. The number of aliphatic hydroxyl groups is 1. The van der Waals surface area contributed by atoms with Gasteiger partial charge in [0.05, 0.1) is 18.2 Å². The predicted molar refractivity (Wildman–Crippen MR) is 204 cm³/mol. The third kappa shape index (κ3) is 7.81. The van der Waals surface area contributed by atoms with Crippen molar-refractivity contribution >= 4 is 11.8 Å². The number of nitrogens with zero attached hydrogens (tertiary/aromatic N) is 4. The SMILES string of the molecule is C[C@]1(c2ccc(OCCN3CC[C@@H](Oc4ccc(Oc5cnn(C6CCC(=O)NC6=O)c(=O)c5)cn4)C3)cc2)C2=CC=C(O)CC2CC[C@H]1c1ccc(F)cc1. The number of imide groups is 1. The number of benzene rings is 2. The quantitative estimate of drug-likeness (QED) is 0.167. The van der Waals surface area contributed by atoms with Crippen LogP contribution in [0.3, 0.4) is 0 Å². The van der Waals surface area contributed by atoms with E-state index in [0.29, 0.717) is 30.4 Å². The molecule has 2 N–H and O–H groups in total. The third-order valence-corrected chi connectivity index (χ3v) is 11.6. The molecule has 4 aromatic rings. The zero-order chi connectivity index (χ0) is 38.8. The maximum Gasteiger partial charge on any atom is 0.271 e. The monoisotopic (exact) mass is 761 g/mol. The number of fused-ring (bicyclic) bond motifs is 1. The zero-order valence-electron chi connectivity index (χ0n) is 31.1. The van der Waals surface area contributed by atoms with Crippen LogP contribution in [-0.2, 0) is 15.0 Å². The highest BCUT2D eigenvalue weighted by atomic mass is 19.1. The van der Waals surface area contributed by atoms with Crippen molar-refractivity contribution in [3.63, 3.8) is 0 Å². The summed E-state index contributed by atoms with van der Waals surface area (Å²) in [4.78, 5) is 42.9. The fraction of sp³-hybridized carbons (Fsp3) is 0.372. The summed E-state index contributed by atoms with van der Waals surface area (Å²) in [7, 11) is 0. The number of likely N-dealkylation sites (tertiary alicyclic amines) is 1. The van der Waals surface area contributed by atoms with Gasteiger partial charge < -0.3 is 19.3 Å². The second-order valence-corrected chi connectivity index (χ2v) is 15.1. The first-order valence-corrected chi connectivity index (χ1v) is 19.2. The molecule has 2 aromatic carbocycles. The largest absolute Gasteiger partial charge is 0.512 e. The molecule has 2 aliphatic heterocycles. The van der Waals surface area contributed by atoms with Gasteiger partial charge >= 0.3 is 0 Å². The van der Waals surface area contributed by atoms with Crippen LogP contribution in [0.4, 0.5) is 4.39 Å². The number of rotatable bonds is 11. The summed E-state index contributed by atoms with van der Waals surface area (Å²) in [6, 6.07) is 19.1. The van der Waals surface area contributed by atoms with E-state index in [0.717, 1.165) is 54.9 Å². The van der Waals surface area contributed by atoms with Crippen LogP contribution in [0.1, 0.15) is 68.5 Å². The lowest BCUT2D eigenvalue weighted by Gasteiger charge is -2.49. The van der Waals surface area contributed by atoms with E-state index in [-0.39, 0.29) is 53.7 Å². The Hall–Kier alpha value is -5.82. The van der Waals surface area contributed by atoms with Crippen LogP contribution < -0.4 is 25.1 Å². The van der Waals surface area contributed by atoms with Crippen molar-refractivity contribution in [3.05, 3.63) is 130 Å². The Morgan fingerprint density at radius 3 is 2.48 bits per heavy atom. The van der Waals surface area contributed by atoms with E-state index in [1.807, 2.05) is 30.3 Å². The fourth-order valence-electron chi connectivity index (χ4n) is 8.72. The predicted octanol–water partition coefficient (Wildman–Crippen LogP) is 6.30. The van der Waals surface area contributed by atoms with Crippen molar-refractivity contribution in [3.8, 4) is 23.1 Å². The zero-order valence-corrected chi connectivity index (χ0v) is 31.1. The number of hydrogen-bond donors (Lipinski definition) is 2. The first-order chi connectivity index (χ1) is 27.1. The molecular formula is C43H44FN5O7. The number of ether oxygens (including phenoxy) is 3. The lowest BCUT2D eigenvalue weighted by atomic mass is 9.55. The van der Waals surface area contributed by atoms with Crippen molar-refractivity contribution in [2.45, 2.75) is 68.9 Å². The summed E-state index contributed by atoms with van der Waals surface area (Å²) >= 11 is 0. The molecule has 2 aromatic heterocycles. The lowest BCUT2D eigenvalue weighted by molar-refractivity contribution is -0.136. The van der Waals surface area contributed by atoms with Gasteiger partial charge in [-0.1, -0.05) is 42.8 Å². The standard InChI is InChI=1S/C43H44FN5O7/c1-43(36(27-2-7-30(44)8-3-27)13-4-28-22-31(50)9-14-37(28)43)29-5-10-32(11-6-29)54-21-20-48-19-18-34(26-48)56-40-17-12-33(24-45-40)55-35-23-41(52)49(46-25-35)38-15-16-39(51)47-42(38)53/h2-3,5-12,14,17,23-25,28,34,36,38,50H,4,13,15-16,18-22,26H2,1H3,(H,47,51,53)/t28?,34-,36+,38?,43-/m1/s1. The number of hydrogen-bond acceptors (Lipinski definition) is 10. The average Bonchev–Trinajstić information content (AvgIpc) is 3.63. The van der Waals surface area contributed by atoms with E-state index in [1.165, 1.54) is 29.6 Å². The Morgan fingerprint density at radius 2 is 1.73 bits per heavy atom. The summed E-state index contributed by atoms with van der Waals surface area (Å²) in [5, 5.41) is 16.6. The van der Waals surface area contributed by atoms with Crippen molar-refractivity contribution in [2.24, 2.45) is 5.92 Å². The molecule has 5 atom stereocenters. The number of pyridine rings is 1.